The average molecular weight is 411 g/mol. The minimum Gasteiger partial charge on any atom is -0.497 e. The van der Waals surface area contributed by atoms with Crippen LogP contribution in [0.4, 0.5) is 11.4 Å². The van der Waals surface area contributed by atoms with Gasteiger partial charge in [-0.05, 0) is 61.5 Å². The Balaban J connectivity index is 1.65. The molecule has 0 N–H and O–H groups in total. The third-order valence-corrected chi connectivity index (χ3v) is 5.79. The van der Waals surface area contributed by atoms with Gasteiger partial charge in [0.1, 0.15) is 12.4 Å². The van der Waals surface area contributed by atoms with E-state index in [1.165, 1.54) is 0 Å². The number of non-ortho nitro benzene ring substituents is 1. The van der Waals surface area contributed by atoms with Gasteiger partial charge in [0.25, 0.3) is 5.69 Å². The molecule has 1 aliphatic heterocycles. The summed E-state index contributed by atoms with van der Waals surface area (Å²) in [6.45, 7) is 2.58. The number of benzene rings is 2. The van der Waals surface area contributed by atoms with E-state index in [4.69, 9.17) is 22.1 Å². The zero-order chi connectivity index (χ0) is 20.7. The van der Waals surface area contributed by atoms with E-state index >= 15 is 0 Å². The van der Waals surface area contributed by atoms with Crippen LogP contribution in [0.15, 0.2) is 42.5 Å². The second-order valence-corrected chi connectivity index (χ2v) is 7.49. The predicted octanol–water partition coefficient (Wildman–Crippen LogP) is 3.94. The molecule has 8 nitrogen and oxygen atoms in total. The van der Waals surface area contributed by atoms with Gasteiger partial charge in [-0.1, -0.05) is 0 Å². The Labute approximate surface area is 173 Å². The van der Waals surface area contributed by atoms with Crippen molar-refractivity contribution in [2.75, 3.05) is 12.0 Å². The maximum atomic E-state index is 11.1. The molecule has 150 valence electrons. The molecule has 9 heteroatoms. The molecule has 0 bridgehead atoms. The van der Waals surface area contributed by atoms with E-state index in [2.05, 4.69) is 11.8 Å². The molecule has 0 fully saturated rings. The number of fused-ring (bicyclic) bond motifs is 1. The number of ether oxygens (including phenoxy) is 1. The van der Waals surface area contributed by atoms with Gasteiger partial charge in [-0.25, -0.2) is 4.68 Å². The first-order valence-corrected chi connectivity index (χ1v) is 9.62. The van der Waals surface area contributed by atoms with Gasteiger partial charge in [-0.15, -0.1) is 5.10 Å². The number of anilines is 1. The van der Waals surface area contributed by atoms with E-state index in [9.17, 15) is 10.1 Å². The summed E-state index contributed by atoms with van der Waals surface area (Å²) in [6.07, 6.45) is 0.752. The molecule has 1 aromatic heterocycles. The van der Waals surface area contributed by atoms with Crippen molar-refractivity contribution in [3.05, 3.63) is 62.9 Å². The molecule has 1 atom stereocenters. The molecule has 0 saturated carbocycles. The summed E-state index contributed by atoms with van der Waals surface area (Å²) < 4.78 is 9.51. The molecular formula is C20H21N5O3S. The SMILES string of the molecule is COc1ccc(-c2nn(CN3c4ccc([N+](=O)[O-])cc4C[C@H]3C)c(=S)n2C)cc1. The fourth-order valence-corrected chi connectivity index (χ4v) is 3.91. The normalized spacial score (nSPS) is 15.4. The van der Waals surface area contributed by atoms with Gasteiger partial charge >= 0.3 is 0 Å². The van der Waals surface area contributed by atoms with E-state index in [0.717, 1.165) is 34.8 Å². The zero-order valence-corrected chi connectivity index (χ0v) is 17.2. The Bertz CT molecular complexity index is 1140. The topological polar surface area (TPSA) is 78.4 Å². The zero-order valence-electron chi connectivity index (χ0n) is 16.4. The summed E-state index contributed by atoms with van der Waals surface area (Å²) in [5.41, 5.74) is 3.03. The van der Waals surface area contributed by atoms with Crippen LogP contribution in [0.3, 0.4) is 0 Å². The maximum absolute atomic E-state index is 11.1. The second-order valence-electron chi connectivity index (χ2n) is 7.13. The summed E-state index contributed by atoms with van der Waals surface area (Å²) in [7, 11) is 3.53. The first kappa shape index (κ1) is 19.1. The van der Waals surface area contributed by atoms with Gasteiger partial charge in [0.05, 0.1) is 12.0 Å². The van der Waals surface area contributed by atoms with Gasteiger partial charge in [0.2, 0.25) is 0 Å². The molecule has 4 rings (SSSR count). The van der Waals surface area contributed by atoms with Crippen LogP contribution in [0.5, 0.6) is 5.75 Å². The molecule has 0 aliphatic carbocycles. The molecule has 0 saturated heterocycles. The van der Waals surface area contributed by atoms with Gasteiger partial charge in [-0.2, -0.15) is 0 Å². The van der Waals surface area contributed by atoms with Gasteiger partial charge < -0.3 is 14.2 Å². The van der Waals surface area contributed by atoms with Crippen LogP contribution in [0, 0.1) is 14.9 Å². The summed E-state index contributed by atoms with van der Waals surface area (Å²) >= 11 is 5.61. The molecule has 0 radical (unpaired) electrons. The minimum atomic E-state index is -0.358. The summed E-state index contributed by atoms with van der Waals surface area (Å²) in [5.74, 6) is 1.56. The number of methoxy groups -OCH3 is 1. The number of nitro benzene ring substituents is 1. The van der Waals surface area contributed by atoms with Gasteiger partial charge in [0.15, 0.2) is 10.6 Å². The highest BCUT2D eigenvalue weighted by atomic mass is 32.1. The first-order valence-electron chi connectivity index (χ1n) is 9.21. The predicted molar refractivity (Wildman–Crippen MR) is 113 cm³/mol. The summed E-state index contributed by atoms with van der Waals surface area (Å²) in [5, 5.41) is 15.8. The summed E-state index contributed by atoms with van der Waals surface area (Å²) in [6, 6.07) is 12.9. The van der Waals surface area contributed by atoms with Gasteiger partial charge in [0, 0.05) is 36.5 Å². The third kappa shape index (κ3) is 3.38. The van der Waals surface area contributed by atoms with E-state index in [-0.39, 0.29) is 16.7 Å². The van der Waals surface area contributed by atoms with Gasteiger partial charge in [-0.3, -0.25) is 10.1 Å². The lowest BCUT2D eigenvalue weighted by Gasteiger charge is -2.24. The second kappa shape index (κ2) is 7.32. The highest BCUT2D eigenvalue weighted by Gasteiger charge is 2.28. The van der Waals surface area contributed by atoms with Crippen LogP contribution in [0.1, 0.15) is 12.5 Å². The maximum Gasteiger partial charge on any atom is 0.269 e. The van der Waals surface area contributed by atoms with Crippen LogP contribution in [-0.2, 0) is 20.1 Å². The Hall–Kier alpha value is -3.20. The molecule has 1 aliphatic rings. The number of nitro groups is 1. The molecule has 0 amide bonds. The lowest BCUT2D eigenvalue weighted by molar-refractivity contribution is -0.384. The van der Waals surface area contributed by atoms with Crippen molar-refractivity contribution in [3.63, 3.8) is 0 Å². The van der Waals surface area contributed by atoms with Crippen molar-refractivity contribution < 1.29 is 9.66 Å². The smallest absolute Gasteiger partial charge is 0.269 e. The third-order valence-electron chi connectivity index (χ3n) is 5.31. The van der Waals surface area contributed by atoms with Crippen molar-refractivity contribution in [1.82, 2.24) is 14.3 Å². The Morgan fingerprint density at radius 2 is 2.00 bits per heavy atom. The largest absolute Gasteiger partial charge is 0.497 e. The van der Waals surface area contributed by atoms with Crippen LogP contribution in [0.2, 0.25) is 0 Å². The van der Waals surface area contributed by atoms with Crippen LogP contribution >= 0.6 is 12.2 Å². The molecule has 2 heterocycles. The lowest BCUT2D eigenvalue weighted by atomic mass is 10.1. The van der Waals surface area contributed by atoms with Crippen LogP contribution < -0.4 is 9.64 Å². The van der Waals surface area contributed by atoms with Crippen LogP contribution in [-0.4, -0.2) is 32.4 Å². The fraction of sp³-hybridized carbons (Fsp3) is 0.300. The minimum absolute atomic E-state index is 0.119. The van der Waals surface area contributed by atoms with Crippen LogP contribution in [0.25, 0.3) is 11.4 Å². The lowest BCUT2D eigenvalue weighted by Crippen LogP contribution is -2.32. The van der Waals surface area contributed by atoms with E-state index in [0.29, 0.717) is 11.4 Å². The molecule has 29 heavy (non-hydrogen) atoms. The molecule has 3 aromatic rings. The quantitative estimate of drug-likeness (QED) is 0.359. The number of rotatable bonds is 5. The fourth-order valence-electron chi connectivity index (χ4n) is 3.73. The average Bonchev–Trinajstić information content (AvgIpc) is 3.18. The highest BCUT2D eigenvalue weighted by molar-refractivity contribution is 7.71. The first-order chi connectivity index (χ1) is 13.9. The monoisotopic (exact) mass is 411 g/mol. The van der Waals surface area contributed by atoms with Crippen molar-refractivity contribution >= 4 is 23.6 Å². The Morgan fingerprint density at radius 1 is 1.28 bits per heavy atom. The van der Waals surface area contributed by atoms with Crippen molar-refractivity contribution in [2.24, 2.45) is 7.05 Å². The van der Waals surface area contributed by atoms with E-state index < -0.39 is 0 Å². The number of hydrogen-bond donors (Lipinski definition) is 0. The molecule has 0 unspecified atom stereocenters. The number of aromatic nitrogens is 3. The van der Waals surface area contributed by atoms with Crippen molar-refractivity contribution in [3.8, 4) is 17.1 Å². The van der Waals surface area contributed by atoms with Crippen molar-refractivity contribution in [1.29, 1.82) is 0 Å². The number of nitrogens with zero attached hydrogens (tertiary/aromatic N) is 5. The highest BCUT2D eigenvalue weighted by Crippen LogP contribution is 2.35. The Morgan fingerprint density at radius 3 is 2.66 bits per heavy atom. The van der Waals surface area contributed by atoms with E-state index in [1.54, 1.807) is 23.9 Å². The van der Waals surface area contributed by atoms with E-state index in [1.807, 2.05) is 41.9 Å². The standard InChI is InChI=1S/C20H21N5O3S/c1-13-10-15-11-16(25(26)27)6-9-18(15)23(13)12-24-20(29)22(2)19(21-24)14-4-7-17(28-3)8-5-14/h4-9,11,13H,10,12H2,1-3H3/t13-/m1/s1. The molecular weight excluding hydrogens is 390 g/mol. The molecule has 0 spiro atoms. The summed E-state index contributed by atoms with van der Waals surface area (Å²) in [4.78, 5) is 12.9. The van der Waals surface area contributed by atoms with Crippen molar-refractivity contribution in [2.45, 2.75) is 26.1 Å². The Kier molecular flexibility index (Phi) is 4.83. The number of hydrogen-bond acceptors (Lipinski definition) is 6. The molecule has 2 aromatic carbocycles.